The van der Waals surface area contributed by atoms with E-state index in [-0.39, 0.29) is 18.3 Å². The lowest BCUT2D eigenvalue weighted by molar-refractivity contribution is -0.116. The Balaban J connectivity index is 0.00000220. The summed E-state index contributed by atoms with van der Waals surface area (Å²) >= 11 is 3.46. The zero-order chi connectivity index (χ0) is 14.5. The van der Waals surface area contributed by atoms with Crippen molar-refractivity contribution in [2.24, 2.45) is 5.92 Å². The van der Waals surface area contributed by atoms with Crippen molar-refractivity contribution in [1.82, 2.24) is 4.90 Å². The minimum absolute atomic E-state index is 0. The molecule has 1 fully saturated rings. The van der Waals surface area contributed by atoms with Gasteiger partial charge in [-0.1, -0.05) is 22.9 Å². The number of likely N-dealkylation sites (tertiary alicyclic amines) is 1. The molecular formula is C16H24BrClN2O. The number of halogens is 2. The third-order valence-corrected chi connectivity index (χ3v) is 4.86. The highest BCUT2D eigenvalue weighted by Crippen LogP contribution is 2.20. The molecule has 0 atom stereocenters. The van der Waals surface area contributed by atoms with Crippen molar-refractivity contribution < 1.29 is 4.79 Å². The van der Waals surface area contributed by atoms with Gasteiger partial charge in [-0.25, -0.2) is 0 Å². The molecule has 1 N–H and O–H groups in total. The number of aryl methyl sites for hydroxylation is 1. The highest BCUT2D eigenvalue weighted by molar-refractivity contribution is 9.10. The first-order valence-corrected chi connectivity index (χ1v) is 8.12. The number of carbonyl (C=O) groups is 1. The summed E-state index contributed by atoms with van der Waals surface area (Å²) in [6.45, 7) is 7.46. The van der Waals surface area contributed by atoms with Gasteiger partial charge in [0.1, 0.15) is 0 Å². The van der Waals surface area contributed by atoms with E-state index in [0.29, 0.717) is 6.42 Å². The number of rotatable bonds is 4. The van der Waals surface area contributed by atoms with E-state index in [0.717, 1.165) is 41.3 Å². The Morgan fingerprint density at radius 1 is 1.38 bits per heavy atom. The van der Waals surface area contributed by atoms with Crippen molar-refractivity contribution in [2.75, 3.05) is 25.0 Å². The van der Waals surface area contributed by atoms with Crippen molar-refractivity contribution >= 4 is 39.9 Å². The van der Waals surface area contributed by atoms with Crippen molar-refractivity contribution in [2.45, 2.75) is 33.1 Å². The summed E-state index contributed by atoms with van der Waals surface area (Å²) in [7, 11) is 0. The molecule has 0 aliphatic carbocycles. The average Bonchev–Trinajstić information content (AvgIpc) is 2.42. The maximum absolute atomic E-state index is 12.0. The number of nitrogens with zero attached hydrogens (tertiary/aromatic N) is 1. The third-order valence-electron chi connectivity index (χ3n) is 3.97. The summed E-state index contributed by atoms with van der Waals surface area (Å²) < 4.78 is 1.07. The van der Waals surface area contributed by atoms with Gasteiger partial charge in [-0.15, -0.1) is 12.4 Å². The fourth-order valence-corrected chi connectivity index (χ4v) is 2.74. The van der Waals surface area contributed by atoms with E-state index in [2.05, 4.69) is 33.1 Å². The molecule has 118 valence electrons. The van der Waals surface area contributed by atoms with Crippen molar-refractivity contribution in [3.05, 3.63) is 28.2 Å². The Bertz CT molecular complexity index is 473. The van der Waals surface area contributed by atoms with Crippen LogP contribution in [-0.4, -0.2) is 30.4 Å². The minimum Gasteiger partial charge on any atom is -0.326 e. The van der Waals surface area contributed by atoms with Crippen LogP contribution in [-0.2, 0) is 4.79 Å². The Morgan fingerprint density at radius 2 is 2.05 bits per heavy atom. The molecule has 1 aromatic rings. The average molecular weight is 376 g/mol. The van der Waals surface area contributed by atoms with Crippen LogP contribution in [0.4, 0.5) is 5.69 Å². The van der Waals surface area contributed by atoms with Crippen LogP contribution in [0.25, 0.3) is 0 Å². The second-order valence-corrected chi connectivity index (χ2v) is 6.64. The predicted molar refractivity (Wildman–Crippen MR) is 94.2 cm³/mol. The summed E-state index contributed by atoms with van der Waals surface area (Å²) in [5.41, 5.74) is 2.01. The Kier molecular flexibility index (Phi) is 7.71. The van der Waals surface area contributed by atoms with Gasteiger partial charge < -0.3 is 10.2 Å². The van der Waals surface area contributed by atoms with Crippen LogP contribution in [0, 0.1) is 12.8 Å². The van der Waals surface area contributed by atoms with Gasteiger partial charge in [-0.3, -0.25) is 4.79 Å². The summed E-state index contributed by atoms with van der Waals surface area (Å²) in [6.07, 6.45) is 3.09. The molecule has 1 saturated heterocycles. The molecule has 3 nitrogen and oxygen atoms in total. The summed E-state index contributed by atoms with van der Waals surface area (Å²) in [4.78, 5) is 14.4. The fraction of sp³-hybridized carbons (Fsp3) is 0.562. The first kappa shape index (κ1) is 18.5. The molecule has 0 bridgehead atoms. The van der Waals surface area contributed by atoms with Crippen LogP contribution in [0.2, 0.25) is 0 Å². The lowest BCUT2D eigenvalue weighted by atomic mass is 9.99. The zero-order valence-corrected chi connectivity index (χ0v) is 15.1. The number of nitrogens with one attached hydrogen (secondary N) is 1. The fourth-order valence-electron chi connectivity index (χ4n) is 2.49. The normalized spacial score (nSPS) is 16.3. The molecule has 0 saturated carbocycles. The SMILES string of the molecule is Cc1cc(NC(=O)CCN2CCC(C)CC2)ccc1Br.Cl. The van der Waals surface area contributed by atoms with Gasteiger partial charge in [0.25, 0.3) is 0 Å². The van der Waals surface area contributed by atoms with Gasteiger partial charge in [0.05, 0.1) is 0 Å². The Morgan fingerprint density at radius 3 is 2.67 bits per heavy atom. The van der Waals surface area contributed by atoms with Gasteiger partial charge in [-0.05, 0) is 62.5 Å². The standard InChI is InChI=1S/C16H23BrN2O.ClH/c1-12-5-8-19(9-6-12)10-7-16(20)18-14-3-4-15(17)13(2)11-14;/h3-4,11-12H,5-10H2,1-2H3,(H,18,20);1H. The monoisotopic (exact) mass is 374 g/mol. The van der Waals surface area contributed by atoms with Gasteiger partial charge in [0, 0.05) is 23.1 Å². The zero-order valence-electron chi connectivity index (χ0n) is 12.7. The van der Waals surface area contributed by atoms with Gasteiger partial charge in [0.15, 0.2) is 0 Å². The molecule has 5 heteroatoms. The largest absolute Gasteiger partial charge is 0.326 e. The number of anilines is 1. The van der Waals surface area contributed by atoms with Crippen LogP contribution >= 0.6 is 28.3 Å². The second-order valence-electron chi connectivity index (χ2n) is 5.79. The lowest BCUT2D eigenvalue weighted by Gasteiger charge is -2.29. The highest BCUT2D eigenvalue weighted by atomic mass is 79.9. The van der Waals surface area contributed by atoms with Crippen LogP contribution in [0.3, 0.4) is 0 Å². The van der Waals surface area contributed by atoms with Gasteiger partial charge in [-0.2, -0.15) is 0 Å². The Hall–Kier alpha value is -0.580. The van der Waals surface area contributed by atoms with Crippen LogP contribution in [0.1, 0.15) is 31.7 Å². The molecule has 0 aromatic heterocycles. The maximum atomic E-state index is 12.0. The van der Waals surface area contributed by atoms with Crippen LogP contribution in [0.15, 0.2) is 22.7 Å². The first-order chi connectivity index (χ1) is 9.54. The minimum atomic E-state index is 0. The van der Waals surface area contributed by atoms with Gasteiger partial charge in [0.2, 0.25) is 5.91 Å². The second kappa shape index (κ2) is 8.76. The van der Waals surface area contributed by atoms with Crippen molar-refractivity contribution in [1.29, 1.82) is 0 Å². The van der Waals surface area contributed by atoms with Crippen LogP contribution < -0.4 is 5.32 Å². The number of carbonyl (C=O) groups excluding carboxylic acids is 1. The van der Waals surface area contributed by atoms with E-state index in [4.69, 9.17) is 0 Å². The van der Waals surface area contributed by atoms with E-state index in [9.17, 15) is 4.79 Å². The molecule has 1 aromatic carbocycles. The number of hydrogen-bond acceptors (Lipinski definition) is 2. The molecule has 1 heterocycles. The molecule has 1 amide bonds. The maximum Gasteiger partial charge on any atom is 0.225 e. The van der Waals surface area contributed by atoms with E-state index < -0.39 is 0 Å². The quantitative estimate of drug-likeness (QED) is 0.853. The highest BCUT2D eigenvalue weighted by Gasteiger charge is 2.16. The summed E-state index contributed by atoms with van der Waals surface area (Å²) in [5.74, 6) is 0.941. The predicted octanol–water partition coefficient (Wildman–Crippen LogP) is 4.24. The summed E-state index contributed by atoms with van der Waals surface area (Å²) in [6, 6.07) is 5.89. The van der Waals surface area contributed by atoms with E-state index in [1.807, 2.05) is 25.1 Å². The van der Waals surface area contributed by atoms with E-state index >= 15 is 0 Å². The first-order valence-electron chi connectivity index (χ1n) is 7.33. The molecule has 0 unspecified atom stereocenters. The smallest absolute Gasteiger partial charge is 0.225 e. The third kappa shape index (κ3) is 5.97. The molecule has 0 radical (unpaired) electrons. The molecule has 1 aliphatic heterocycles. The van der Waals surface area contributed by atoms with Crippen LogP contribution in [0.5, 0.6) is 0 Å². The molecule has 1 aliphatic rings. The number of piperidine rings is 1. The number of hydrogen-bond donors (Lipinski definition) is 1. The molecular weight excluding hydrogens is 352 g/mol. The number of amides is 1. The number of benzene rings is 1. The van der Waals surface area contributed by atoms with Crippen molar-refractivity contribution in [3.8, 4) is 0 Å². The van der Waals surface area contributed by atoms with Crippen molar-refractivity contribution in [3.63, 3.8) is 0 Å². The van der Waals surface area contributed by atoms with E-state index in [1.54, 1.807) is 0 Å². The molecule has 21 heavy (non-hydrogen) atoms. The van der Waals surface area contributed by atoms with Gasteiger partial charge >= 0.3 is 0 Å². The molecule has 0 spiro atoms. The van der Waals surface area contributed by atoms with E-state index in [1.165, 1.54) is 12.8 Å². The molecule has 2 rings (SSSR count). The Labute approximate surface area is 142 Å². The topological polar surface area (TPSA) is 32.3 Å². The summed E-state index contributed by atoms with van der Waals surface area (Å²) in [5, 5.41) is 2.97. The lowest BCUT2D eigenvalue weighted by Crippen LogP contribution is -2.35.